The van der Waals surface area contributed by atoms with Gasteiger partial charge in [-0.3, -0.25) is 19.2 Å². The Kier molecular flexibility index (Phi) is 32.4. The number of carboxylic acids is 2. The van der Waals surface area contributed by atoms with E-state index in [0.29, 0.717) is 65.7 Å². The Morgan fingerprint density at radius 2 is 0.917 bits per heavy atom. The van der Waals surface area contributed by atoms with Gasteiger partial charge in [0.05, 0.1) is 52.9 Å². The minimum absolute atomic E-state index is 0.0149. The van der Waals surface area contributed by atoms with E-state index in [4.69, 9.17) is 24.1 Å². The molecule has 280 valence electrons. The highest BCUT2D eigenvalue weighted by atomic mass is 16.6. The molecule has 0 aromatic carbocycles. The number of ketones is 1. The molecule has 0 aromatic heterocycles. The highest BCUT2D eigenvalue weighted by Gasteiger charge is 2.20. The Hall–Kier alpha value is -2.61. The monoisotopic (exact) mass is 688 g/mol. The first-order chi connectivity index (χ1) is 23.2. The number of carboxylic acid groups (broad SMARTS) is 2. The van der Waals surface area contributed by atoms with Gasteiger partial charge < -0.3 is 39.8 Å². The van der Waals surface area contributed by atoms with Gasteiger partial charge in [-0.05, 0) is 26.2 Å². The number of ether oxygens (including phenoxy) is 4. The summed E-state index contributed by atoms with van der Waals surface area (Å²) in [7, 11) is 0. The lowest BCUT2D eigenvalue weighted by molar-refractivity contribution is -0.142. The number of unbranched alkanes of at least 4 members (excludes halogenated alkanes) is 13. The van der Waals surface area contributed by atoms with Crippen molar-refractivity contribution < 1.29 is 53.1 Å². The number of carbonyl (C=O) groups excluding carboxylic acids is 3. The predicted molar refractivity (Wildman–Crippen MR) is 182 cm³/mol. The zero-order valence-corrected chi connectivity index (χ0v) is 29.4. The van der Waals surface area contributed by atoms with Gasteiger partial charge in [0.1, 0.15) is 11.8 Å². The van der Waals surface area contributed by atoms with Crippen molar-refractivity contribution in [3.05, 3.63) is 0 Å². The fourth-order valence-electron chi connectivity index (χ4n) is 4.81. The zero-order valence-electron chi connectivity index (χ0n) is 29.4. The maximum absolute atomic E-state index is 12.3. The molecule has 0 spiro atoms. The van der Waals surface area contributed by atoms with Crippen LogP contribution in [0, 0.1) is 0 Å². The summed E-state index contributed by atoms with van der Waals surface area (Å²) >= 11 is 0. The SMILES string of the molecule is CC(=O)CCOCCOCCOCCOCCNC(=O)CC[C@H](NC(=O)CCCCCCCCCCCCCCCCC(=O)O)C(=O)O. The lowest BCUT2D eigenvalue weighted by atomic mass is 10.0. The normalized spacial score (nSPS) is 11.7. The molecular formula is C35H64N2O11. The van der Waals surface area contributed by atoms with Gasteiger partial charge in [-0.15, -0.1) is 0 Å². The molecule has 0 saturated heterocycles. The van der Waals surface area contributed by atoms with Crippen LogP contribution in [0.15, 0.2) is 0 Å². The van der Waals surface area contributed by atoms with E-state index in [1.165, 1.54) is 51.9 Å². The molecule has 0 aliphatic heterocycles. The van der Waals surface area contributed by atoms with Crippen molar-refractivity contribution in [1.29, 1.82) is 0 Å². The maximum Gasteiger partial charge on any atom is 0.326 e. The van der Waals surface area contributed by atoms with Gasteiger partial charge in [0.15, 0.2) is 0 Å². The topological polar surface area (TPSA) is 187 Å². The molecule has 0 aromatic rings. The van der Waals surface area contributed by atoms with Crippen molar-refractivity contribution in [2.24, 2.45) is 0 Å². The van der Waals surface area contributed by atoms with Crippen molar-refractivity contribution >= 4 is 29.5 Å². The molecule has 13 heteroatoms. The first kappa shape index (κ1) is 45.4. The fraction of sp³-hybridized carbons (Fsp3) is 0.857. The van der Waals surface area contributed by atoms with Crippen molar-refractivity contribution in [3.63, 3.8) is 0 Å². The predicted octanol–water partition coefficient (Wildman–Crippen LogP) is 4.82. The average Bonchev–Trinajstić information content (AvgIpc) is 3.04. The Bertz CT molecular complexity index is 841. The third-order valence-corrected chi connectivity index (χ3v) is 7.62. The van der Waals surface area contributed by atoms with Gasteiger partial charge >= 0.3 is 11.9 Å². The lowest BCUT2D eigenvalue weighted by Gasteiger charge is -2.14. The van der Waals surface area contributed by atoms with Crippen molar-refractivity contribution in [1.82, 2.24) is 10.6 Å². The molecule has 0 fully saturated rings. The number of rotatable bonds is 37. The van der Waals surface area contributed by atoms with Crippen LogP contribution in [0.25, 0.3) is 0 Å². The average molecular weight is 689 g/mol. The first-order valence-electron chi connectivity index (χ1n) is 18.0. The van der Waals surface area contributed by atoms with Crippen LogP contribution in [0.3, 0.4) is 0 Å². The van der Waals surface area contributed by atoms with Crippen LogP contribution in [-0.4, -0.2) is 105 Å². The highest BCUT2D eigenvalue weighted by molar-refractivity contribution is 5.84. The van der Waals surface area contributed by atoms with Crippen LogP contribution >= 0.6 is 0 Å². The standard InChI is InChI=1S/C35H64N2O11/c1-30(38)20-22-45-24-26-47-28-29-48-27-25-46-23-21-36-32(39)19-18-31(35(43)44)37-33(40)16-14-12-10-8-6-4-2-3-5-7-9-11-13-15-17-34(41)42/h31H,2-29H2,1H3,(H,36,39)(H,37,40)(H,41,42)(H,43,44)/t31-/m0/s1. The molecule has 0 aliphatic rings. The Morgan fingerprint density at radius 3 is 1.35 bits per heavy atom. The molecule has 0 bridgehead atoms. The van der Waals surface area contributed by atoms with Gasteiger partial charge in [-0.2, -0.15) is 0 Å². The second kappa shape index (κ2) is 34.3. The van der Waals surface area contributed by atoms with Crippen LogP contribution in [0.2, 0.25) is 0 Å². The molecular weight excluding hydrogens is 624 g/mol. The van der Waals surface area contributed by atoms with Gasteiger partial charge in [-0.1, -0.05) is 77.0 Å². The lowest BCUT2D eigenvalue weighted by Crippen LogP contribution is -2.41. The third kappa shape index (κ3) is 34.7. The number of nitrogens with one attached hydrogen (secondary N) is 2. The Morgan fingerprint density at radius 1 is 0.500 bits per heavy atom. The summed E-state index contributed by atoms with van der Waals surface area (Å²) in [5.74, 6) is -2.37. The van der Waals surface area contributed by atoms with Crippen molar-refractivity contribution in [2.45, 2.75) is 135 Å². The molecule has 48 heavy (non-hydrogen) atoms. The first-order valence-corrected chi connectivity index (χ1v) is 18.0. The number of amides is 2. The van der Waals surface area contributed by atoms with Crippen LogP contribution < -0.4 is 10.6 Å². The number of hydrogen-bond donors (Lipinski definition) is 4. The van der Waals surface area contributed by atoms with Crippen LogP contribution in [0.5, 0.6) is 0 Å². The smallest absolute Gasteiger partial charge is 0.326 e. The van der Waals surface area contributed by atoms with E-state index >= 15 is 0 Å². The molecule has 0 saturated carbocycles. The summed E-state index contributed by atoms with van der Waals surface area (Å²) in [5.41, 5.74) is 0. The number of carbonyl (C=O) groups is 5. The summed E-state index contributed by atoms with van der Waals surface area (Å²) in [6, 6.07) is -1.10. The third-order valence-electron chi connectivity index (χ3n) is 7.62. The van der Waals surface area contributed by atoms with E-state index < -0.39 is 18.0 Å². The quantitative estimate of drug-likeness (QED) is 0.0656. The molecule has 13 nitrogen and oxygen atoms in total. The van der Waals surface area contributed by atoms with Gasteiger partial charge in [-0.25, -0.2) is 4.79 Å². The second-order valence-electron chi connectivity index (χ2n) is 12.1. The summed E-state index contributed by atoms with van der Waals surface area (Å²) in [6.07, 6.45) is 16.2. The van der Waals surface area contributed by atoms with Gasteiger partial charge in [0.2, 0.25) is 11.8 Å². The largest absolute Gasteiger partial charge is 0.481 e. The molecule has 0 unspecified atom stereocenters. The van der Waals surface area contributed by atoms with Crippen molar-refractivity contribution in [3.8, 4) is 0 Å². The van der Waals surface area contributed by atoms with Crippen molar-refractivity contribution in [2.75, 3.05) is 59.4 Å². The highest BCUT2D eigenvalue weighted by Crippen LogP contribution is 2.14. The maximum atomic E-state index is 12.3. The molecule has 4 N–H and O–H groups in total. The molecule has 0 radical (unpaired) electrons. The van der Waals surface area contributed by atoms with E-state index in [1.807, 2.05) is 0 Å². The van der Waals surface area contributed by atoms with Crippen LogP contribution in [-0.2, 0) is 42.9 Å². The van der Waals surface area contributed by atoms with Gasteiger partial charge in [0.25, 0.3) is 0 Å². The molecule has 0 aliphatic carbocycles. The van der Waals surface area contributed by atoms with E-state index in [9.17, 15) is 29.1 Å². The molecule has 1 atom stereocenters. The summed E-state index contributed by atoms with van der Waals surface area (Å²) < 4.78 is 21.4. The Labute approximate surface area is 287 Å². The van der Waals surface area contributed by atoms with E-state index in [-0.39, 0.29) is 49.8 Å². The second-order valence-corrected chi connectivity index (χ2v) is 12.1. The minimum Gasteiger partial charge on any atom is -0.481 e. The zero-order chi connectivity index (χ0) is 35.5. The van der Waals surface area contributed by atoms with E-state index in [2.05, 4.69) is 10.6 Å². The molecule has 2 amide bonds. The molecule has 0 rings (SSSR count). The minimum atomic E-state index is -1.15. The van der Waals surface area contributed by atoms with Gasteiger partial charge in [0, 0.05) is 32.2 Å². The number of aliphatic carboxylic acids is 2. The van der Waals surface area contributed by atoms with E-state index in [0.717, 1.165) is 38.5 Å². The Balaban J connectivity index is 3.61. The van der Waals surface area contributed by atoms with E-state index in [1.54, 1.807) is 0 Å². The van der Waals surface area contributed by atoms with Crippen LogP contribution in [0.4, 0.5) is 0 Å². The summed E-state index contributed by atoms with van der Waals surface area (Å²) in [4.78, 5) is 57.2. The van der Waals surface area contributed by atoms with Crippen LogP contribution in [0.1, 0.15) is 129 Å². The number of hydrogen-bond acceptors (Lipinski definition) is 9. The summed E-state index contributed by atoms with van der Waals surface area (Å²) in [5, 5.41) is 23.3. The number of Topliss-reactive ketones (excluding diaryl/α,β-unsaturated/α-hetero) is 1. The summed E-state index contributed by atoms with van der Waals surface area (Å²) in [6.45, 7) is 4.96. The fourth-order valence-corrected chi connectivity index (χ4v) is 4.81. The molecule has 0 heterocycles.